The second-order valence-corrected chi connectivity index (χ2v) is 9.35. The highest BCUT2D eigenvalue weighted by Crippen LogP contribution is 2.32. The molecule has 33 heavy (non-hydrogen) atoms. The maximum Gasteiger partial charge on any atom is 0.311 e. The molecular weight excluding hydrogens is 414 g/mol. The predicted molar refractivity (Wildman–Crippen MR) is 127 cm³/mol. The van der Waals surface area contributed by atoms with Crippen LogP contribution in [0.25, 0.3) is 6.08 Å². The molecule has 0 unspecified atom stereocenters. The number of carbonyl (C=O) groups is 1. The number of nitrogens with zero attached hydrogens (tertiary/aromatic N) is 5. The van der Waals surface area contributed by atoms with E-state index in [4.69, 9.17) is 15.3 Å². The number of esters is 1. The second-order valence-electron chi connectivity index (χ2n) is 9.35. The number of benzene rings is 2. The monoisotopic (exact) mass is 441 g/mol. The Labute approximate surface area is 194 Å². The van der Waals surface area contributed by atoms with Gasteiger partial charge < -0.3 is 9.64 Å². The van der Waals surface area contributed by atoms with Crippen LogP contribution in [-0.4, -0.2) is 24.7 Å². The van der Waals surface area contributed by atoms with Gasteiger partial charge in [0.1, 0.15) is 23.3 Å². The summed E-state index contributed by atoms with van der Waals surface area (Å²) in [4.78, 5) is 14.5. The van der Waals surface area contributed by atoms with Crippen molar-refractivity contribution < 1.29 is 9.53 Å². The highest BCUT2D eigenvalue weighted by Gasteiger charge is 2.39. The Kier molecular flexibility index (Phi) is 6.94. The molecule has 1 aliphatic heterocycles. The van der Waals surface area contributed by atoms with Crippen LogP contribution in [0.5, 0.6) is 0 Å². The molecule has 0 bridgehead atoms. The van der Waals surface area contributed by atoms with E-state index < -0.39 is 11.0 Å². The van der Waals surface area contributed by atoms with Gasteiger partial charge in [0.05, 0.1) is 23.3 Å². The molecule has 0 aromatic heterocycles. The molecule has 168 valence electrons. The molecule has 0 N–H and O–H groups in total. The van der Waals surface area contributed by atoms with Crippen LogP contribution >= 0.6 is 0 Å². The van der Waals surface area contributed by atoms with Crippen LogP contribution in [-0.2, 0) is 9.53 Å². The van der Waals surface area contributed by atoms with E-state index in [-0.39, 0.29) is 11.5 Å². The molecule has 1 fully saturated rings. The van der Waals surface area contributed by atoms with Gasteiger partial charge in [-0.1, -0.05) is 12.1 Å². The number of azo groups is 1. The zero-order valence-electron chi connectivity index (χ0n) is 19.4. The summed E-state index contributed by atoms with van der Waals surface area (Å²) < 4.78 is 5.82. The first-order valence-corrected chi connectivity index (χ1v) is 10.7. The van der Waals surface area contributed by atoms with E-state index >= 15 is 0 Å². The maximum absolute atomic E-state index is 12.3. The molecule has 1 heterocycles. The lowest BCUT2D eigenvalue weighted by atomic mass is 9.96. The Hall–Kier alpha value is -3.97. The van der Waals surface area contributed by atoms with Crippen molar-refractivity contribution >= 4 is 29.1 Å². The highest BCUT2D eigenvalue weighted by molar-refractivity contribution is 5.76. The van der Waals surface area contributed by atoms with E-state index in [1.54, 1.807) is 24.3 Å². The van der Waals surface area contributed by atoms with Gasteiger partial charge in [-0.2, -0.15) is 20.8 Å². The van der Waals surface area contributed by atoms with E-state index in [0.29, 0.717) is 12.2 Å². The van der Waals surface area contributed by atoms with Gasteiger partial charge in [-0.05, 0) is 75.7 Å². The second kappa shape index (κ2) is 9.67. The first kappa shape index (κ1) is 23.7. The van der Waals surface area contributed by atoms with Crippen molar-refractivity contribution in [1.82, 2.24) is 0 Å². The molecular formula is C26H27N5O2. The molecule has 1 aliphatic rings. The Bertz CT molecular complexity index is 1130. The number of carbonyl (C=O) groups excluding carboxylic acids is 1. The van der Waals surface area contributed by atoms with Crippen molar-refractivity contribution in [2.24, 2.45) is 15.6 Å². The minimum atomic E-state index is -0.518. The van der Waals surface area contributed by atoms with Gasteiger partial charge in [-0.25, -0.2) is 0 Å². The molecule has 1 saturated heterocycles. The Morgan fingerprint density at radius 3 is 2.09 bits per heavy atom. The van der Waals surface area contributed by atoms with Gasteiger partial charge >= 0.3 is 5.97 Å². The lowest BCUT2D eigenvalue weighted by Crippen LogP contribution is -2.39. The van der Waals surface area contributed by atoms with Crippen LogP contribution < -0.4 is 4.90 Å². The van der Waals surface area contributed by atoms with Gasteiger partial charge in [-0.15, -0.1) is 0 Å². The molecule has 7 heteroatoms. The van der Waals surface area contributed by atoms with E-state index in [2.05, 4.69) is 15.1 Å². The highest BCUT2D eigenvalue weighted by atomic mass is 16.6. The third-order valence-corrected chi connectivity index (χ3v) is 5.33. The van der Waals surface area contributed by atoms with Crippen LogP contribution in [0, 0.1) is 28.1 Å². The third-order valence-electron chi connectivity index (χ3n) is 5.33. The third kappa shape index (κ3) is 6.27. The average Bonchev–Trinajstić information content (AvgIpc) is 3.18. The zero-order chi connectivity index (χ0) is 24.1. The predicted octanol–water partition coefficient (Wildman–Crippen LogP) is 6.09. The van der Waals surface area contributed by atoms with Gasteiger partial charge in [0.15, 0.2) is 0 Å². The summed E-state index contributed by atoms with van der Waals surface area (Å²) in [6, 6.07) is 18.6. The number of hydrogen-bond donors (Lipinski definition) is 0. The van der Waals surface area contributed by atoms with Crippen molar-refractivity contribution in [2.45, 2.75) is 39.7 Å². The van der Waals surface area contributed by atoms with Crippen molar-refractivity contribution in [2.75, 3.05) is 18.0 Å². The summed E-state index contributed by atoms with van der Waals surface area (Å²) in [7, 11) is 0. The Balaban J connectivity index is 1.61. The normalized spacial score (nSPS) is 17.9. The number of rotatable bonds is 5. The fourth-order valence-electron chi connectivity index (χ4n) is 3.35. The van der Waals surface area contributed by atoms with E-state index in [0.717, 1.165) is 29.9 Å². The molecule has 0 radical (unpaired) electrons. The molecule has 2 aromatic carbocycles. The first-order valence-electron chi connectivity index (χ1n) is 10.7. The van der Waals surface area contributed by atoms with E-state index in [9.17, 15) is 4.79 Å². The largest absolute Gasteiger partial charge is 0.457 e. The Morgan fingerprint density at radius 2 is 1.58 bits per heavy atom. The molecule has 0 aliphatic carbocycles. The number of anilines is 1. The van der Waals surface area contributed by atoms with Gasteiger partial charge in [-0.3, -0.25) is 4.79 Å². The van der Waals surface area contributed by atoms with E-state index in [1.807, 2.05) is 64.1 Å². The summed E-state index contributed by atoms with van der Waals surface area (Å²) in [6.45, 7) is 9.04. The molecule has 3 rings (SSSR count). The first-order chi connectivity index (χ1) is 15.6. The fourth-order valence-corrected chi connectivity index (χ4v) is 3.35. The fraction of sp³-hybridized carbons (Fsp3) is 0.346. The van der Waals surface area contributed by atoms with Gasteiger partial charge in [0, 0.05) is 18.7 Å². The number of nitriles is 2. The summed E-state index contributed by atoms with van der Waals surface area (Å²) >= 11 is 0. The molecule has 2 aromatic rings. The minimum absolute atomic E-state index is 0.0511. The van der Waals surface area contributed by atoms with Crippen molar-refractivity contribution in [3.8, 4) is 12.1 Å². The molecule has 0 saturated carbocycles. The summed E-state index contributed by atoms with van der Waals surface area (Å²) in [6.07, 6.45) is 2.30. The zero-order valence-corrected chi connectivity index (χ0v) is 19.4. The van der Waals surface area contributed by atoms with Crippen molar-refractivity contribution in [3.63, 3.8) is 0 Å². The quantitative estimate of drug-likeness (QED) is 0.317. The molecule has 0 amide bonds. The molecule has 1 atom stereocenters. The lowest BCUT2D eigenvalue weighted by molar-refractivity contribution is -0.165. The summed E-state index contributed by atoms with van der Waals surface area (Å²) in [5, 5.41) is 26.2. The number of ether oxygens (including phenoxy) is 1. The van der Waals surface area contributed by atoms with Gasteiger partial charge in [0.2, 0.25) is 0 Å². The topological polar surface area (TPSA) is 102 Å². The summed E-state index contributed by atoms with van der Waals surface area (Å²) in [5.41, 5.74) is 2.23. The minimum Gasteiger partial charge on any atom is -0.457 e. The SMILES string of the molecule is CC(C)(C)C(=O)O[C@@]1(C)CCN(c2ccc(N=Nc3ccc(C=C(C#N)C#N)cc3)cc2)C1. The van der Waals surface area contributed by atoms with Crippen molar-refractivity contribution in [1.29, 1.82) is 10.5 Å². The molecule has 0 spiro atoms. The van der Waals surface area contributed by atoms with Crippen LogP contribution in [0.1, 0.15) is 39.7 Å². The Morgan fingerprint density at radius 1 is 1.03 bits per heavy atom. The van der Waals surface area contributed by atoms with Crippen molar-refractivity contribution in [3.05, 3.63) is 59.7 Å². The maximum atomic E-state index is 12.3. The van der Waals surface area contributed by atoms with Crippen LogP contribution in [0.4, 0.5) is 17.1 Å². The summed E-state index contributed by atoms with van der Waals surface area (Å²) in [5.74, 6) is -0.178. The van der Waals surface area contributed by atoms with Gasteiger partial charge in [0.25, 0.3) is 0 Å². The van der Waals surface area contributed by atoms with Crippen LogP contribution in [0.2, 0.25) is 0 Å². The van der Waals surface area contributed by atoms with E-state index in [1.165, 1.54) is 6.08 Å². The standard InChI is InChI=1S/C26H27N5O2/c1-25(2,3)24(32)33-26(4)13-14-31(18-26)23-11-9-22(10-12-23)30-29-21-7-5-19(6-8-21)15-20(16-27)17-28/h5-12,15H,13-14,18H2,1-4H3/t26-/m0/s1. The van der Waals surface area contributed by atoms with Crippen LogP contribution in [0.15, 0.2) is 64.3 Å². The average molecular weight is 442 g/mol. The lowest BCUT2D eigenvalue weighted by Gasteiger charge is -2.29. The smallest absolute Gasteiger partial charge is 0.311 e. The van der Waals surface area contributed by atoms with Crippen LogP contribution in [0.3, 0.4) is 0 Å². The number of hydrogen-bond acceptors (Lipinski definition) is 7. The number of allylic oxidation sites excluding steroid dienone is 1. The molecule has 7 nitrogen and oxygen atoms in total.